The van der Waals surface area contributed by atoms with Crippen LogP contribution in [0.1, 0.15) is 42.0 Å². The second-order valence-corrected chi connectivity index (χ2v) is 8.29. The van der Waals surface area contributed by atoms with Gasteiger partial charge in [-0.05, 0) is 51.0 Å². The molecule has 1 spiro atoms. The minimum absolute atomic E-state index is 0.186. The van der Waals surface area contributed by atoms with Gasteiger partial charge in [0.1, 0.15) is 0 Å². The van der Waals surface area contributed by atoms with E-state index in [-0.39, 0.29) is 5.60 Å². The van der Waals surface area contributed by atoms with Gasteiger partial charge < -0.3 is 10.1 Å². The number of thioether (sulfide) groups is 1. The van der Waals surface area contributed by atoms with Gasteiger partial charge in [-0.1, -0.05) is 0 Å². The fraction of sp³-hybridized carbons (Fsp3) is 0.733. The molecular formula is C15H23NOS2. The van der Waals surface area contributed by atoms with Crippen molar-refractivity contribution < 1.29 is 4.74 Å². The van der Waals surface area contributed by atoms with Crippen LogP contribution in [-0.2, 0) is 4.74 Å². The van der Waals surface area contributed by atoms with Crippen molar-refractivity contribution in [3.63, 3.8) is 0 Å². The van der Waals surface area contributed by atoms with Crippen LogP contribution >= 0.6 is 23.1 Å². The molecule has 0 aliphatic carbocycles. The highest BCUT2D eigenvalue weighted by Gasteiger charge is 2.40. The Balaban J connectivity index is 1.60. The summed E-state index contributed by atoms with van der Waals surface area (Å²) in [4.78, 5) is 2.86. The summed E-state index contributed by atoms with van der Waals surface area (Å²) in [6, 6.07) is 5.56. The van der Waals surface area contributed by atoms with Gasteiger partial charge in [-0.15, -0.1) is 11.3 Å². The summed E-state index contributed by atoms with van der Waals surface area (Å²) in [5.74, 6) is 2.46. The van der Waals surface area contributed by atoms with Crippen LogP contribution in [0.3, 0.4) is 0 Å². The van der Waals surface area contributed by atoms with E-state index in [1.807, 2.05) is 23.1 Å². The maximum absolute atomic E-state index is 6.09. The van der Waals surface area contributed by atoms with E-state index in [1.165, 1.54) is 34.1 Å². The Kier molecular flexibility index (Phi) is 4.22. The first-order valence-corrected chi connectivity index (χ1v) is 9.18. The summed E-state index contributed by atoms with van der Waals surface area (Å²) >= 11 is 3.96. The molecular weight excluding hydrogens is 274 g/mol. The van der Waals surface area contributed by atoms with Crippen LogP contribution in [0.15, 0.2) is 12.1 Å². The van der Waals surface area contributed by atoms with Crippen LogP contribution in [0.2, 0.25) is 0 Å². The summed E-state index contributed by atoms with van der Waals surface area (Å²) in [5.41, 5.74) is 0.186. The third-order valence-electron chi connectivity index (χ3n) is 4.23. The van der Waals surface area contributed by atoms with Gasteiger partial charge in [-0.25, -0.2) is 0 Å². The van der Waals surface area contributed by atoms with E-state index in [0.717, 1.165) is 13.0 Å². The normalized spacial score (nSPS) is 32.8. The zero-order valence-corrected chi connectivity index (χ0v) is 13.4. The molecule has 0 amide bonds. The van der Waals surface area contributed by atoms with Crippen molar-refractivity contribution in [3.8, 4) is 0 Å². The van der Waals surface area contributed by atoms with Gasteiger partial charge in [0.05, 0.1) is 5.60 Å². The molecule has 2 nitrogen and oxygen atoms in total. The molecule has 2 saturated heterocycles. The number of nitrogens with one attached hydrogen (secondary N) is 1. The summed E-state index contributed by atoms with van der Waals surface area (Å²) in [6.07, 6.45) is 3.58. The average Bonchev–Trinajstić information content (AvgIpc) is 2.99. The van der Waals surface area contributed by atoms with E-state index < -0.39 is 0 Å². The van der Waals surface area contributed by atoms with Gasteiger partial charge in [0.15, 0.2) is 0 Å². The number of ether oxygens (including phenoxy) is 1. The smallest absolute Gasteiger partial charge is 0.0795 e. The van der Waals surface area contributed by atoms with Crippen LogP contribution < -0.4 is 5.32 Å². The number of rotatable bonds is 3. The first-order chi connectivity index (χ1) is 9.17. The molecule has 1 aromatic heterocycles. The second kappa shape index (κ2) is 5.76. The quantitative estimate of drug-likeness (QED) is 0.918. The van der Waals surface area contributed by atoms with Gasteiger partial charge in [-0.3, -0.25) is 0 Å². The van der Waals surface area contributed by atoms with Gasteiger partial charge >= 0.3 is 0 Å². The molecule has 2 aliphatic heterocycles. The number of hydrogen-bond donors (Lipinski definition) is 1. The van der Waals surface area contributed by atoms with Gasteiger partial charge in [0, 0.05) is 34.2 Å². The first-order valence-electron chi connectivity index (χ1n) is 7.21. The zero-order valence-electron chi connectivity index (χ0n) is 11.8. The fourth-order valence-corrected chi connectivity index (χ4v) is 5.42. The number of hydrogen-bond acceptors (Lipinski definition) is 4. The molecule has 3 rings (SSSR count). The second-order valence-electron chi connectivity index (χ2n) is 5.86. The highest BCUT2D eigenvalue weighted by atomic mass is 32.2. The number of thiophene rings is 1. The Morgan fingerprint density at radius 1 is 1.47 bits per heavy atom. The Morgan fingerprint density at radius 3 is 3.05 bits per heavy atom. The monoisotopic (exact) mass is 297 g/mol. The van der Waals surface area contributed by atoms with E-state index in [4.69, 9.17) is 4.74 Å². The van der Waals surface area contributed by atoms with Crippen LogP contribution in [0.4, 0.5) is 0 Å². The van der Waals surface area contributed by atoms with Crippen molar-refractivity contribution in [2.75, 3.05) is 18.1 Å². The molecule has 2 aliphatic rings. The SMILES string of the molecule is Cc1ccc(C(C)NC2CCOC3(CCSC3)C2)s1. The highest BCUT2D eigenvalue weighted by Crippen LogP contribution is 2.38. The third-order valence-corrected chi connectivity index (χ3v) is 6.64. The Bertz CT molecular complexity index is 426. The molecule has 2 fully saturated rings. The lowest BCUT2D eigenvalue weighted by Crippen LogP contribution is -2.47. The van der Waals surface area contributed by atoms with Gasteiger partial charge in [0.2, 0.25) is 0 Å². The minimum atomic E-state index is 0.186. The van der Waals surface area contributed by atoms with E-state index in [9.17, 15) is 0 Å². The molecule has 106 valence electrons. The summed E-state index contributed by atoms with van der Waals surface area (Å²) in [6.45, 7) is 5.39. The summed E-state index contributed by atoms with van der Waals surface area (Å²) in [5, 5.41) is 3.82. The molecule has 3 heterocycles. The van der Waals surface area contributed by atoms with Gasteiger partial charge in [0.25, 0.3) is 0 Å². The first kappa shape index (κ1) is 13.9. The van der Waals surface area contributed by atoms with Gasteiger partial charge in [-0.2, -0.15) is 11.8 Å². The standard InChI is InChI=1S/C15H23NOS2/c1-11-3-4-14(19-11)12(2)16-13-5-7-17-15(9-13)6-8-18-10-15/h3-4,12-13,16H,5-10H2,1-2H3. The molecule has 1 aromatic rings. The molecule has 1 N–H and O–H groups in total. The van der Waals surface area contributed by atoms with E-state index in [0.29, 0.717) is 12.1 Å². The highest BCUT2D eigenvalue weighted by molar-refractivity contribution is 7.99. The van der Waals surface area contributed by atoms with E-state index in [2.05, 4.69) is 31.3 Å². The third kappa shape index (κ3) is 3.18. The molecule has 0 radical (unpaired) electrons. The molecule has 3 atom stereocenters. The molecule has 4 heteroatoms. The van der Waals surface area contributed by atoms with Crippen molar-refractivity contribution in [2.45, 2.75) is 50.8 Å². The average molecular weight is 297 g/mol. The maximum Gasteiger partial charge on any atom is 0.0795 e. The molecule has 3 unspecified atom stereocenters. The predicted octanol–water partition coefficient (Wildman–Crippen LogP) is 3.76. The lowest BCUT2D eigenvalue weighted by molar-refractivity contribution is -0.0711. The fourth-order valence-electron chi connectivity index (χ4n) is 3.16. The van der Waals surface area contributed by atoms with Crippen LogP contribution in [0.25, 0.3) is 0 Å². The minimum Gasteiger partial charge on any atom is -0.374 e. The molecule has 19 heavy (non-hydrogen) atoms. The van der Waals surface area contributed by atoms with Crippen molar-refractivity contribution in [1.29, 1.82) is 0 Å². The summed E-state index contributed by atoms with van der Waals surface area (Å²) < 4.78 is 6.09. The van der Waals surface area contributed by atoms with Crippen LogP contribution in [-0.4, -0.2) is 29.8 Å². The van der Waals surface area contributed by atoms with Crippen LogP contribution in [0.5, 0.6) is 0 Å². The molecule has 0 bridgehead atoms. The van der Waals surface area contributed by atoms with Crippen molar-refractivity contribution in [1.82, 2.24) is 5.32 Å². The van der Waals surface area contributed by atoms with E-state index in [1.54, 1.807) is 0 Å². The van der Waals surface area contributed by atoms with Crippen molar-refractivity contribution in [2.24, 2.45) is 0 Å². The number of aryl methyl sites for hydroxylation is 1. The predicted molar refractivity (Wildman–Crippen MR) is 84.3 cm³/mol. The van der Waals surface area contributed by atoms with Crippen molar-refractivity contribution in [3.05, 3.63) is 21.9 Å². The zero-order chi connectivity index (χ0) is 13.3. The molecule has 0 saturated carbocycles. The topological polar surface area (TPSA) is 21.3 Å². The molecule has 0 aromatic carbocycles. The van der Waals surface area contributed by atoms with Crippen molar-refractivity contribution >= 4 is 23.1 Å². The summed E-state index contributed by atoms with van der Waals surface area (Å²) in [7, 11) is 0. The van der Waals surface area contributed by atoms with E-state index >= 15 is 0 Å². The maximum atomic E-state index is 6.09. The largest absolute Gasteiger partial charge is 0.374 e. The Morgan fingerprint density at radius 2 is 2.37 bits per heavy atom. The van der Waals surface area contributed by atoms with Crippen LogP contribution in [0, 0.1) is 6.92 Å². The lowest BCUT2D eigenvalue weighted by Gasteiger charge is -2.39. The Labute approximate surface area is 124 Å². The Hall–Kier alpha value is -0.0300. The lowest BCUT2D eigenvalue weighted by atomic mass is 9.89.